The average molecular weight is 294 g/mol. The van der Waals surface area contributed by atoms with Gasteiger partial charge in [-0.05, 0) is 33.8 Å². The number of hydrogen-bond acceptors (Lipinski definition) is 4. The van der Waals surface area contributed by atoms with Crippen molar-refractivity contribution in [1.82, 2.24) is 15.0 Å². The molecule has 1 aliphatic rings. The van der Waals surface area contributed by atoms with Gasteiger partial charge in [-0.2, -0.15) is 0 Å². The van der Waals surface area contributed by atoms with Gasteiger partial charge in [0.25, 0.3) is 0 Å². The highest BCUT2D eigenvalue weighted by Gasteiger charge is 2.52. The Balaban J connectivity index is 2.08. The summed E-state index contributed by atoms with van der Waals surface area (Å²) in [6, 6.07) is 3.77. The summed E-state index contributed by atoms with van der Waals surface area (Å²) in [6.45, 7) is 8.08. The zero-order valence-corrected chi connectivity index (χ0v) is 13.0. The summed E-state index contributed by atoms with van der Waals surface area (Å²) in [5, 5.41) is 8.61. The molecule has 0 atom stereocenters. The highest BCUT2D eigenvalue weighted by Crippen LogP contribution is 2.37. The molecule has 0 spiro atoms. The van der Waals surface area contributed by atoms with Gasteiger partial charge in [-0.3, -0.25) is 0 Å². The number of aryl methyl sites for hydroxylation is 1. The van der Waals surface area contributed by atoms with Crippen molar-refractivity contribution in [3.8, 4) is 0 Å². The van der Waals surface area contributed by atoms with Crippen LogP contribution < -0.4 is 5.46 Å². The molecule has 0 amide bonds. The van der Waals surface area contributed by atoms with E-state index in [4.69, 9.17) is 20.9 Å². The molecular formula is C13H17BClN3O2. The number of rotatable bonds is 1. The van der Waals surface area contributed by atoms with Gasteiger partial charge in [-0.25, -0.2) is 4.68 Å². The third-order valence-electron chi connectivity index (χ3n) is 4.24. The zero-order valence-electron chi connectivity index (χ0n) is 12.3. The number of nitrogens with zero attached hydrogens (tertiary/aromatic N) is 3. The van der Waals surface area contributed by atoms with Gasteiger partial charge < -0.3 is 9.31 Å². The van der Waals surface area contributed by atoms with E-state index in [-0.39, 0.29) is 11.2 Å². The molecule has 1 aromatic carbocycles. The summed E-state index contributed by atoms with van der Waals surface area (Å²) in [7, 11) is 1.33. The predicted octanol–water partition coefficient (Wildman–Crippen LogP) is 1.92. The maximum Gasteiger partial charge on any atom is 0.496 e. The lowest BCUT2D eigenvalue weighted by Gasteiger charge is -2.32. The van der Waals surface area contributed by atoms with Crippen molar-refractivity contribution in [2.45, 2.75) is 38.9 Å². The molecule has 1 saturated heterocycles. The van der Waals surface area contributed by atoms with Crippen LogP contribution in [0, 0.1) is 0 Å². The van der Waals surface area contributed by atoms with Crippen molar-refractivity contribution in [3.63, 3.8) is 0 Å². The van der Waals surface area contributed by atoms with Crippen molar-refractivity contribution >= 4 is 35.2 Å². The number of fused-ring (bicyclic) bond motifs is 1. The molecule has 1 aliphatic heterocycles. The quantitative estimate of drug-likeness (QED) is 0.754. The van der Waals surface area contributed by atoms with Gasteiger partial charge in [0.05, 0.1) is 16.2 Å². The van der Waals surface area contributed by atoms with Crippen molar-refractivity contribution in [1.29, 1.82) is 0 Å². The first-order valence-corrected chi connectivity index (χ1v) is 6.94. The van der Waals surface area contributed by atoms with E-state index in [0.717, 1.165) is 16.5 Å². The van der Waals surface area contributed by atoms with Crippen molar-refractivity contribution in [2.24, 2.45) is 7.05 Å². The standard InChI is InChI=1S/C13H17BClN3O2/c1-12(2)13(3,4)20-14(19-12)8-6-7-9-11(10(8)15)18(5)17-16-9/h6-7H,1-5H3. The molecule has 20 heavy (non-hydrogen) atoms. The first-order chi connectivity index (χ1) is 9.23. The van der Waals surface area contributed by atoms with E-state index in [1.54, 1.807) is 4.68 Å². The minimum absolute atomic E-state index is 0.388. The topological polar surface area (TPSA) is 49.2 Å². The van der Waals surface area contributed by atoms with Crippen LogP contribution in [0.1, 0.15) is 27.7 Å². The van der Waals surface area contributed by atoms with Crippen molar-refractivity contribution in [3.05, 3.63) is 17.2 Å². The lowest BCUT2D eigenvalue weighted by Crippen LogP contribution is -2.41. The van der Waals surface area contributed by atoms with Gasteiger partial charge in [0, 0.05) is 12.5 Å². The Labute approximate surface area is 123 Å². The normalized spacial score (nSPS) is 20.8. The van der Waals surface area contributed by atoms with Crippen LogP contribution in [-0.4, -0.2) is 33.3 Å². The molecule has 0 saturated carbocycles. The second kappa shape index (κ2) is 4.19. The van der Waals surface area contributed by atoms with E-state index < -0.39 is 7.12 Å². The highest BCUT2D eigenvalue weighted by molar-refractivity contribution is 6.66. The monoisotopic (exact) mass is 293 g/mol. The molecule has 0 aliphatic carbocycles. The van der Waals surface area contributed by atoms with Crippen LogP contribution in [0.4, 0.5) is 0 Å². The fourth-order valence-electron chi connectivity index (χ4n) is 2.27. The van der Waals surface area contributed by atoms with Crippen LogP contribution >= 0.6 is 11.6 Å². The molecule has 2 aromatic rings. The second-order valence-corrected chi connectivity index (χ2v) is 6.52. The molecule has 7 heteroatoms. The Kier molecular flexibility index (Phi) is 2.91. The number of hydrogen-bond donors (Lipinski definition) is 0. The van der Waals surface area contributed by atoms with E-state index in [1.165, 1.54) is 0 Å². The van der Waals surface area contributed by atoms with Gasteiger partial charge in [0.2, 0.25) is 0 Å². The van der Waals surface area contributed by atoms with E-state index in [0.29, 0.717) is 5.02 Å². The summed E-state index contributed by atoms with van der Waals surface area (Å²) in [5.41, 5.74) is 1.58. The molecule has 0 bridgehead atoms. The molecule has 0 N–H and O–H groups in total. The maximum absolute atomic E-state index is 6.49. The van der Waals surface area contributed by atoms with Crippen LogP contribution in [0.2, 0.25) is 5.02 Å². The van der Waals surface area contributed by atoms with Crippen LogP contribution in [0.5, 0.6) is 0 Å². The number of aromatic nitrogens is 3. The second-order valence-electron chi connectivity index (χ2n) is 6.14. The first kappa shape index (κ1) is 13.9. The fraction of sp³-hybridized carbons (Fsp3) is 0.538. The van der Waals surface area contributed by atoms with E-state index in [1.807, 2.05) is 46.9 Å². The summed E-state index contributed by atoms with van der Waals surface area (Å²) in [6.07, 6.45) is 0. The largest absolute Gasteiger partial charge is 0.496 e. The van der Waals surface area contributed by atoms with Crippen LogP contribution in [0.25, 0.3) is 11.0 Å². The van der Waals surface area contributed by atoms with E-state index >= 15 is 0 Å². The lowest BCUT2D eigenvalue weighted by atomic mass is 9.79. The van der Waals surface area contributed by atoms with Crippen LogP contribution in [0.15, 0.2) is 12.1 Å². The summed E-state index contributed by atoms with van der Waals surface area (Å²) in [5.74, 6) is 0. The van der Waals surface area contributed by atoms with Gasteiger partial charge in [0.15, 0.2) is 0 Å². The Morgan fingerprint density at radius 1 is 1.15 bits per heavy atom. The van der Waals surface area contributed by atoms with Crippen LogP contribution in [0.3, 0.4) is 0 Å². The van der Waals surface area contributed by atoms with E-state index in [2.05, 4.69) is 10.3 Å². The van der Waals surface area contributed by atoms with E-state index in [9.17, 15) is 0 Å². The van der Waals surface area contributed by atoms with Gasteiger partial charge >= 0.3 is 7.12 Å². The molecule has 106 valence electrons. The Hall–Kier alpha value is -1.11. The maximum atomic E-state index is 6.49. The molecule has 1 aromatic heterocycles. The summed E-state index contributed by atoms with van der Waals surface area (Å²) >= 11 is 6.49. The number of halogens is 1. The molecular weight excluding hydrogens is 276 g/mol. The molecule has 0 unspecified atom stereocenters. The summed E-state index contributed by atoms with van der Waals surface area (Å²) in [4.78, 5) is 0. The highest BCUT2D eigenvalue weighted by atomic mass is 35.5. The smallest absolute Gasteiger partial charge is 0.399 e. The predicted molar refractivity (Wildman–Crippen MR) is 79.2 cm³/mol. The molecule has 5 nitrogen and oxygen atoms in total. The van der Waals surface area contributed by atoms with Crippen LogP contribution in [-0.2, 0) is 16.4 Å². The number of benzene rings is 1. The first-order valence-electron chi connectivity index (χ1n) is 6.56. The fourth-order valence-corrected chi connectivity index (χ4v) is 2.64. The molecule has 0 radical (unpaired) electrons. The van der Waals surface area contributed by atoms with Gasteiger partial charge in [-0.1, -0.05) is 22.9 Å². The lowest BCUT2D eigenvalue weighted by molar-refractivity contribution is 0.00578. The van der Waals surface area contributed by atoms with Gasteiger partial charge in [-0.15, -0.1) is 5.10 Å². The third-order valence-corrected chi connectivity index (χ3v) is 4.64. The zero-order chi connectivity index (χ0) is 14.7. The average Bonchev–Trinajstić information content (AvgIpc) is 2.79. The molecule has 3 rings (SSSR count). The Morgan fingerprint density at radius 2 is 1.75 bits per heavy atom. The Bertz CT molecular complexity index is 668. The van der Waals surface area contributed by atoms with Gasteiger partial charge in [0.1, 0.15) is 11.0 Å². The minimum Gasteiger partial charge on any atom is -0.399 e. The van der Waals surface area contributed by atoms with Crippen molar-refractivity contribution < 1.29 is 9.31 Å². The van der Waals surface area contributed by atoms with Crippen molar-refractivity contribution in [2.75, 3.05) is 0 Å². The summed E-state index contributed by atoms with van der Waals surface area (Å²) < 4.78 is 13.7. The Morgan fingerprint density at radius 3 is 2.35 bits per heavy atom. The SMILES string of the molecule is Cn1nnc2ccc(B3OC(C)(C)C(C)(C)O3)c(Cl)c21. The molecule has 1 fully saturated rings. The third kappa shape index (κ3) is 1.86. The molecule has 2 heterocycles. The minimum atomic E-state index is -0.480.